The van der Waals surface area contributed by atoms with Crippen molar-refractivity contribution in [3.8, 4) is 0 Å². The summed E-state index contributed by atoms with van der Waals surface area (Å²) in [7, 11) is 0. The predicted octanol–water partition coefficient (Wildman–Crippen LogP) is -0.229. The molecule has 0 spiro atoms. The van der Waals surface area contributed by atoms with Crippen LogP contribution in [0.3, 0.4) is 0 Å². The van der Waals surface area contributed by atoms with E-state index in [0.29, 0.717) is 11.7 Å². The molecule has 0 saturated heterocycles. The van der Waals surface area contributed by atoms with E-state index in [1.165, 1.54) is 18.6 Å². The Morgan fingerprint density at radius 3 is 2.94 bits per heavy atom. The zero-order chi connectivity index (χ0) is 11.8. The maximum Gasteiger partial charge on any atom is 0.289 e. The summed E-state index contributed by atoms with van der Waals surface area (Å²) in [5.41, 5.74) is 5.11. The van der Waals surface area contributed by atoms with E-state index in [1.807, 2.05) is 0 Å². The van der Waals surface area contributed by atoms with Gasteiger partial charge in [-0.2, -0.15) is 0 Å². The number of aromatic nitrogens is 2. The van der Waals surface area contributed by atoms with Crippen LogP contribution in [0.25, 0.3) is 0 Å². The summed E-state index contributed by atoms with van der Waals surface area (Å²) < 4.78 is 0. The second kappa shape index (κ2) is 6.46. The van der Waals surface area contributed by atoms with Crippen molar-refractivity contribution in [3.05, 3.63) is 36.9 Å². The van der Waals surface area contributed by atoms with Crippen molar-refractivity contribution in [2.45, 2.75) is 0 Å². The van der Waals surface area contributed by atoms with Gasteiger partial charge in [0.2, 0.25) is 0 Å². The van der Waals surface area contributed by atoms with E-state index in [0.717, 1.165) is 0 Å². The molecule has 0 aliphatic rings. The maximum atomic E-state index is 11.4. The van der Waals surface area contributed by atoms with Crippen LogP contribution in [0.15, 0.2) is 31.2 Å². The van der Waals surface area contributed by atoms with Gasteiger partial charge in [-0.1, -0.05) is 6.08 Å². The number of carbonyl (C=O) groups excluding carboxylic acids is 1. The Hall–Kier alpha value is -2.02. The first-order chi connectivity index (χ1) is 7.74. The first-order valence-corrected chi connectivity index (χ1v) is 4.86. The number of amides is 1. The lowest BCUT2D eigenvalue weighted by molar-refractivity contribution is 0.0938. The van der Waals surface area contributed by atoms with Crippen LogP contribution in [0.5, 0.6) is 0 Å². The van der Waals surface area contributed by atoms with Crippen LogP contribution < -0.4 is 16.2 Å². The number of hydrogen-bond acceptors (Lipinski definition) is 4. The Labute approximate surface area is 98.1 Å². The van der Waals surface area contributed by atoms with Crippen molar-refractivity contribution in [1.82, 2.24) is 26.1 Å². The minimum absolute atomic E-state index is 0.210. The van der Waals surface area contributed by atoms with Gasteiger partial charge in [0.05, 0.1) is 6.20 Å². The van der Waals surface area contributed by atoms with Gasteiger partial charge in [0.1, 0.15) is 5.69 Å². The van der Waals surface area contributed by atoms with Crippen LogP contribution in [0, 0.1) is 0 Å². The highest BCUT2D eigenvalue weighted by Gasteiger charge is 2.05. The lowest BCUT2D eigenvalue weighted by atomic mass is 10.4. The van der Waals surface area contributed by atoms with Gasteiger partial charge in [-0.3, -0.25) is 20.6 Å². The van der Waals surface area contributed by atoms with Crippen molar-refractivity contribution in [2.75, 3.05) is 6.54 Å². The molecule has 0 fully saturated rings. The van der Waals surface area contributed by atoms with E-state index in [9.17, 15) is 4.79 Å². The molecule has 1 rings (SSSR count). The van der Waals surface area contributed by atoms with E-state index in [4.69, 9.17) is 12.2 Å². The van der Waals surface area contributed by atoms with Crippen molar-refractivity contribution < 1.29 is 4.79 Å². The van der Waals surface area contributed by atoms with Gasteiger partial charge in [0.25, 0.3) is 5.91 Å². The van der Waals surface area contributed by atoms with Gasteiger partial charge in [-0.05, 0) is 12.2 Å². The molecule has 1 heterocycles. The number of thiocarbonyl (C=S) groups is 1. The molecule has 0 aliphatic heterocycles. The summed E-state index contributed by atoms with van der Waals surface area (Å²) in [6.45, 7) is 4.04. The third kappa shape index (κ3) is 4.01. The third-order valence-corrected chi connectivity index (χ3v) is 1.74. The summed E-state index contributed by atoms with van der Waals surface area (Å²) in [6.07, 6.45) is 5.93. The zero-order valence-electron chi connectivity index (χ0n) is 8.43. The third-order valence-electron chi connectivity index (χ3n) is 1.49. The average molecular weight is 237 g/mol. The van der Waals surface area contributed by atoms with Crippen LogP contribution >= 0.6 is 12.2 Å². The fourth-order valence-electron chi connectivity index (χ4n) is 0.803. The summed E-state index contributed by atoms with van der Waals surface area (Å²) in [5.74, 6) is -0.407. The Morgan fingerprint density at radius 1 is 1.50 bits per heavy atom. The molecule has 0 atom stereocenters. The predicted molar refractivity (Wildman–Crippen MR) is 63.4 cm³/mol. The molecule has 16 heavy (non-hydrogen) atoms. The van der Waals surface area contributed by atoms with Crippen LogP contribution in [-0.4, -0.2) is 27.5 Å². The molecule has 84 valence electrons. The standard InChI is InChI=1S/C9H11N5OS/c1-2-3-12-9(16)14-13-8(15)7-6-10-4-5-11-7/h2,4-6H,1,3H2,(H,13,15)(H2,12,14,16). The van der Waals surface area contributed by atoms with Gasteiger partial charge >= 0.3 is 0 Å². The SMILES string of the molecule is C=CCNC(=S)NNC(=O)c1cnccn1. The zero-order valence-corrected chi connectivity index (χ0v) is 9.25. The Bertz CT molecular complexity index is 381. The molecule has 0 aliphatic carbocycles. The van der Waals surface area contributed by atoms with Crippen molar-refractivity contribution in [2.24, 2.45) is 0 Å². The topological polar surface area (TPSA) is 78.9 Å². The molecule has 0 bridgehead atoms. The number of nitrogens with one attached hydrogen (secondary N) is 3. The first kappa shape index (κ1) is 12.1. The van der Waals surface area contributed by atoms with E-state index in [-0.39, 0.29) is 5.69 Å². The highest BCUT2D eigenvalue weighted by molar-refractivity contribution is 7.80. The molecule has 1 amide bonds. The van der Waals surface area contributed by atoms with Crippen molar-refractivity contribution in [3.63, 3.8) is 0 Å². The molecule has 3 N–H and O–H groups in total. The van der Waals surface area contributed by atoms with Crippen LogP contribution in [0.4, 0.5) is 0 Å². The normalized spacial score (nSPS) is 9.00. The molecule has 0 radical (unpaired) electrons. The number of hydrazine groups is 1. The number of nitrogens with zero attached hydrogens (tertiary/aromatic N) is 2. The molecule has 0 aromatic carbocycles. The van der Waals surface area contributed by atoms with Gasteiger partial charge in [-0.15, -0.1) is 6.58 Å². The number of rotatable bonds is 3. The van der Waals surface area contributed by atoms with Crippen LogP contribution in [0.2, 0.25) is 0 Å². The minimum atomic E-state index is -0.407. The molecule has 0 unspecified atom stereocenters. The van der Waals surface area contributed by atoms with Crippen molar-refractivity contribution in [1.29, 1.82) is 0 Å². The molecule has 1 aromatic heterocycles. The largest absolute Gasteiger partial charge is 0.358 e. The van der Waals surface area contributed by atoms with E-state index < -0.39 is 5.91 Å². The van der Waals surface area contributed by atoms with E-state index >= 15 is 0 Å². The van der Waals surface area contributed by atoms with Crippen molar-refractivity contribution >= 4 is 23.2 Å². The highest BCUT2D eigenvalue weighted by Crippen LogP contribution is 1.87. The number of hydrogen-bond donors (Lipinski definition) is 3. The fraction of sp³-hybridized carbons (Fsp3) is 0.111. The molecule has 1 aromatic rings. The molecule has 0 saturated carbocycles. The fourth-order valence-corrected chi connectivity index (χ4v) is 0.937. The van der Waals surface area contributed by atoms with Gasteiger partial charge in [-0.25, -0.2) is 4.98 Å². The Morgan fingerprint density at radius 2 is 2.31 bits per heavy atom. The second-order valence-electron chi connectivity index (χ2n) is 2.67. The summed E-state index contributed by atoms with van der Waals surface area (Å²) >= 11 is 4.87. The van der Waals surface area contributed by atoms with E-state index in [2.05, 4.69) is 32.7 Å². The Kier molecular flexibility index (Phi) is 4.87. The minimum Gasteiger partial charge on any atom is -0.358 e. The van der Waals surface area contributed by atoms with E-state index in [1.54, 1.807) is 6.08 Å². The van der Waals surface area contributed by atoms with Gasteiger partial charge in [0, 0.05) is 18.9 Å². The molecular weight excluding hydrogens is 226 g/mol. The van der Waals surface area contributed by atoms with Gasteiger partial charge < -0.3 is 5.32 Å². The smallest absolute Gasteiger partial charge is 0.289 e. The monoisotopic (exact) mass is 237 g/mol. The van der Waals surface area contributed by atoms with Crippen LogP contribution in [0.1, 0.15) is 10.5 Å². The highest BCUT2D eigenvalue weighted by atomic mass is 32.1. The summed E-state index contributed by atoms with van der Waals surface area (Å²) in [5, 5.41) is 3.09. The average Bonchev–Trinajstić information content (AvgIpc) is 2.34. The lowest BCUT2D eigenvalue weighted by Crippen LogP contribution is -2.46. The first-order valence-electron chi connectivity index (χ1n) is 4.45. The summed E-state index contributed by atoms with van der Waals surface area (Å²) in [6, 6.07) is 0. The van der Waals surface area contributed by atoms with Crippen LogP contribution in [-0.2, 0) is 0 Å². The quantitative estimate of drug-likeness (QED) is 0.383. The second-order valence-corrected chi connectivity index (χ2v) is 3.08. The maximum absolute atomic E-state index is 11.4. The molecule has 7 heteroatoms. The summed E-state index contributed by atoms with van der Waals surface area (Å²) in [4.78, 5) is 19.0. The molecular formula is C9H11N5OS. The lowest BCUT2D eigenvalue weighted by Gasteiger charge is -2.09. The van der Waals surface area contributed by atoms with Gasteiger partial charge in [0.15, 0.2) is 5.11 Å². The molecule has 6 nitrogen and oxygen atoms in total. The number of carbonyl (C=O) groups is 1. The Balaban J connectivity index is 2.36.